The van der Waals surface area contributed by atoms with Gasteiger partial charge in [0.1, 0.15) is 18.3 Å². The van der Waals surface area contributed by atoms with E-state index in [4.69, 9.17) is 50.9 Å². The second-order valence-electron chi connectivity index (χ2n) is 4.51. The van der Waals surface area contributed by atoms with Crippen LogP contribution >= 0.6 is 36.7 Å². The van der Waals surface area contributed by atoms with Gasteiger partial charge >= 0.3 is 0 Å². The van der Waals surface area contributed by atoms with Crippen molar-refractivity contribution in [1.82, 2.24) is 0 Å². The normalized spacial score (nSPS) is 31.5. The van der Waals surface area contributed by atoms with Gasteiger partial charge in [-0.15, -0.1) is 0 Å². The molecule has 0 spiro atoms. The lowest BCUT2D eigenvalue weighted by molar-refractivity contribution is 0.148. The van der Waals surface area contributed by atoms with E-state index in [0.717, 1.165) is 0 Å². The number of thiocarbonyl (C=S) groups is 3. The zero-order valence-corrected chi connectivity index (χ0v) is 13.3. The standard InChI is InChI=1S/C12H18O3S3/c1-7-4-10(16)14-9(3)6-12(18)15-8(2)5-11(17)13-7/h7-9H,4-6H2,1-3H3/t7-,8-,9?/m1/s1. The van der Waals surface area contributed by atoms with E-state index in [2.05, 4.69) is 0 Å². The van der Waals surface area contributed by atoms with Crippen LogP contribution in [0, 0.1) is 0 Å². The van der Waals surface area contributed by atoms with Crippen LogP contribution in [0.2, 0.25) is 0 Å². The maximum Gasteiger partial charge on any atom is 0.163 e. The highest BCUT2D eigenvalue weighted by molar-refractivity contribution is 7.80. The van der Waals surface area contributed by atoms with Gasteiger partial charge in [-0.25, -0.2) is 0 Å². The molecule has 1 rings (SSSR count). The van der Waals surface area contributed by atoms with Gasteiger partial charge in [0.05, 0.1) is 19.3 Å². The van der Waals surface area contributed by atoms with Crippen LogP contribution in [0.1, 0.15) is 40.0 Å². The van der Waals surface area contributed by atoms with Crippen molar-refractivity contribution in [1.29, 1.82) is 0 Å². The molecule has 0 radical (unpaired) electrons. The molecule has 1 unspecified atom stereocenters. The molecule has 0 aliphatic carbocycles. The minimum atomic E-state index is -0.0734. The summed E-state index contributed by atoms with van der Waals surface area (Å²) in [4.78, 5) is 0. The van der Waals surface area contributed by atoms with Gasteiger partial charge in [0, 0.05) is 0 Å². The van der Waals surface area contributed by atoms with E-state index in [1.165, 1.54) is 0 Å². The lowest BCUT2D eigenvalue weighted by atomic mass is 10.2. The van der Waals surface area contributed by atoms with Crippen LogP contribution in [0.15, 0.2) is 0 Å². The first-order valence-electron chi connectivity index (χ1n) is 5.95. The topological polar surface area (TPSA) is 27.7 Å². The van der Waals surface area contributed by atoms with E-state index in [1.807, 2.05) is 20.8 Å². The molecule has 0 aromatic heterocycles. The largest absolute Gasteiger partial charge is 0.484 e. The monoisotopic (exact) mass is 306 g/mol. The molecule has 3 nitrogen and oxygen atoms in total. The second-order valence-corrected chi connectivity index (χ2v) is 5.88. The fourth-order valence-corrected chi connectivity index (χ4v) is 2.84. The molecular formula is C12H18O3S3. The van der Waals surface area contributed by atoms with Crippen molar-refractivity contribution >= 4 is 51.8 Å². The molecule has 0 N–H and O–H groups in total. The average Bonchev–Trinajstić information content (AvgIpc) is 2.12. The highest BCUT2D eigenvalue weighted by Gasteiger charge is 2.19. The first-order chi connectivity index (χ1) is 8.36. The van der Waals surface area contributed by atoms with Gasteiger partial charge in [-0.05, 0) is 57.4 Å². The van der Waals surface area contributed by atoms with Gasteiger partial charge in [-0.1, -0.05) is 0 Å². The molecule has 18 heavy (non-hydrogen) atoms. The predicted molar refractivity (Wildman–Crippen MR) is 83.3 cm³/mol. The minimum absolute atomic E-state index is 0.0734. The average molecular weight is 306 g/mol. The third-order valence-electron chi connectivity index (χ3n) is 2.36. The molecule has 1 aliphatic rings. The molecule has 0 aromatic rings. The smallest absolute Gasteiger partial charge is 0.163 e. The summed E-state index contributed by atoms with van der Waals surface area (Å²) < 4.78 is 16.7. The molecule has 1 aliphatic heterocycles. The molecule has 0 amide bonds. The van der Waals surface area contributed by atoms with Gasteiger partial charge < -0.3 is 14.2 Å². The maximum atomic E-state index is 5.58. The van der Waals surface area contributed by atoms with Gasteiger partial charge in [-0.2, -0.15) is 0 Å². The Morgan fingerprint density at radius 1 is 0.667 bits per heavy atom. The number of hydrogen-bond donors (Lipinski definition) is 0. The van der Waals surface area contributed by atoms with Crippen molar-refractivity contribution in [2.24, 2.45) is 0 Å². The summed E-state index contributed by atoms with van der Waals surface area (Å²) in [5.74, 6) is 0. The summed E-state index contributed by atoms with van der Waals surface area (Å²) in [6, 6.07) is 0. The number of rotatable bonds is 0. The van der Waals surface area contributed by atoms with Crippen molar-refractivity contribution in [3.8, 4) is 0 Å². The fraction of sp³-hybridized carbons (Fsp3) is 0.750. The Morgan fingerprint density at radius 2 is 0.889 bits per heavy atom. The van der Waals surface area contributed by atoms with Crippen molar-refractivity contribution < 1.29 is 14.2 Å². The molecule has 0 aromatic carbocycles. The van der Waals surface area contributed by atoms with Gasteiger partial charge in [-0.3, -0.25) is 0 Å². The van der Waals surface area contributed by atoms with Crippen molar-refractivity contribution in [2.45, 2.75) is 58.3 Å². The van der Waals surface area contributed by atoms with E-state index in [9.17, 15) is 0 Å². The Hall–Kier alpha value is -0.330. The summed E-state index contributed by atoms with van der Waals surface area (Å²) in [7, 11) is 0. The highest BCUT2D eigenvalue weighted by atomic mass is 32.1. The van der Waals surface area contributed by atoms with Gasteiger partial charge in [0.2, 0.25) is 0 Å². The minimum Gasteiger partial charge on any atom is -0.484 e. The van der Waals surface area contributed by atoms with Crippen molar-refractivity contribution in [3.63, 3.8) is 0 Å². The van der Waals surface area contributed by atoms with Crippen LogP contribution in [-0.4, -0.2) is 33.5 Å². The Balaban J connectivity index is 2.69. The Labute approximate surface area is 124 Å². The summed E-state index contributed by atoms with van der Waals surface area (Å²) in [5.41, 5.74) is 0. The van der Waals surface area contributed by atoms with Crippen LogP contribution < -0.4 is 0 Å². The molecule has 1 saturated heterocycles. The highest BCUT2D eigenvalue weighted by Crippen LogP contribution is 2.13. The van der Waals surface area contributed by atoms with E-state index in [1.54, 1.807) is 0 Å². The Bertz CT molecular complexity index is 267. The molecule has 3 atom stereocenters. The van der Waals surface area contributed by atoms with E-state index >= 15 is 0 Å². The van der Waals surface area contributed by atoms with Crippen LogP contribution in [-0.2, 0) is 14.2 Å². The van der Waals surface area contributed by atoms with E-state index in [-0.39, 0.29) is 18.3 Å². The molecule has 0 bridgehead atoms. The van der Waals surface area contributed by atoms with Crippen LogP contribution in [0.25, 0.3) is 0 Å². The lowest BCUT2D eigenvalue weighted by Gasteiger charge is -2.23. The van der Waals surface area contributed by atoms with E-state index < -0.39 is 0 Å². The van der Waals surface area contributed by atoms with Crippen LogP contribution in [0.5, 0.6) is 0 Å². The number of ether oxygens (including phenoxy) is 3. The predicted octanol–water partition coefficient (Wildman–Crippen LogP) is 3.37. The Morgan fingerprint density at radius 3 is 1.11 bits per heavy atom. The Kier molecular flexibility index (Phi) is 6.38. The first-order valence-corrected chi connectivity index (χ1v) is 7.17. The zero-order valence-electron chi connectivity index (χ0n) is 10.8. The molecule has 1 heterocycles. The third kappa shape index (κ3) is 6.02. The fourth-order valence-electron chi connectivity index (χ4n) is 1.65. The molecular weight excluding hydrogens is 288 g/mol. The molecule has 6 heteroatoms. The summed E-state index contributed by atoms with van der Waals surface area (Å²) in [5, 5.41) is 1.57. The maximum absolute atomic E-state index is 5.58. The van der Waals surface area contributed by atoms with Gasteiger partial charge in [0.15, 0.2) is 15.2 Å². The first kappa shape index (κ1) is 15.7. The third-order valence-corrected chi connectivity index (χ3v) is 3.15. The molecule has 1 fully saturated rings. The van der Waals surface area contributed by atoms with Crippen molar-refractivity contribution in [2.75, 3.05) is 0 Å². The molecule has 102 valence electrons. The second kappa shape index (κ2) is 7.31. The molecule has 0 saturated carbocycles. The van der Waals surface area contributed by atoms with Crippen LogP contribution in [0.3, 0.4) is 0 Å². The summed E-state index contributed by atoms with van der Waals surface area (Å²) >= 11 is 15.5. The quantitative estimate of drug-likeness (QED) is 0.637. The summed E-state index contributed by atoms with van der Waals surface area (Å²) in [6.07, 6.45) is 1.45. The van der Waals surface area contributed by atoms with Crippen LogP contribution in [0.4, 0.5) is 0 Å². The zero-order chi connectivity index (χ0) is 13.7. The van der Waals surface area contributed by atoms with E-state index in [0.29, 0.717) is 34.4 Å². The number of hydrogen-bond acceptors (Lipinski definition) is 6. The SMILES string of the molecule is CC1CC(=S)O[C@H](C)CC(=S)O[C@H](C)CC(=S)O1. The van der Waals surface area contributed by atoms with Gasteiger partial charge in [0.25, 0.3) is 0 Å². The van der Waals surface area contributed by atoms with Crippen molar-refractivity contribution in [3.05, 3.63) is 0 Å². The lowest BCUT2D eigenvalue weighted by Crippen LogP contribution is -2.27. The summed E-state index contributed by atoms with van der Waals surface area (Å²) in [6.45, 7) is 5.78.